The molecule has 38 heavy (non-hydrogen) atoms. The number of ether oxygens (including phenoxy) is 1. The summed E-state index contributed by atoms with van der Waals surface area (Å²) in [6, 6.07) is 7.47. The molecule has 2 saturated heterocycles. The van der Waals surface area contributed by atoms with Crippen molar-refractivity contribution in [1.29, 1.82) is 0 Å². The maximum absolute atomic E-state index is 15.8. The zero-order valence-corrected chi connectivity index (χ0v) is 21.6. The summed E-state index contributed by atoms with van der Waals surface area (Å²) < 4.78 is 36.8. The monoisotopic (exact) mass is 519 g/mol. The smallest absolute Gasteiger partial charge is 0.200 e. The minimum atomic E-state index is -0.524. The van der Waals surface area contributed by atoms with E-state index >= 15 is 4.39 Å². The Morgan fingerprint density at radius 3 is 2.55 bits per heavy atom. The second-order valence-corrected chi connectivity index (χ2v) is 10.8. The highest BCUT2D eigenvalue weighted by molar-refractivity contribution is 6.08. The first-order valence-corrected chi connectivity index (χ1v) is 13.2. The molecule has 1 aromatic heterocycles. The fraction of sp³-hybridized carbons (Fsp3) is 0.400. The lowest BCUT2D eigenvalue weighted by Gasteiger charge is -2.33. The molecule has 2 atom stereocenters. The van der Waals surface area contributed by atoms with Crippen LogP contribution in [0.2, 0.25) is 0 Å². The standard InChI is InChI=1S/C30H31F2N3O3/c1-33-13-3-4-19-15-34(17-25(19)33)28-24(32)14-22-27(30(28)38-2)35(21-10-11-21)16-23(29(22)37)26(36)12-7-18-5-8-20(31)9-6-18/h5-9,12,14,16,19,21,25H,3-4,10-11,13,15,17H2,1-2H3. The summed E-state index contributed by atoms with van der Waals surface area (Å²) in [5.41, 5.74) is 1.03. The number of pyridine rings is 1. The van der Waals surface area contributed by atoms with E-state index in [4.69, 9.17) is 4.74 Å². The van der Waals surface area contributed by atoms with Crippen molar-refractivity contribution < 1.29 is 18.3 Å². The molecule has 2 aromatic carbocycles. The van der Waals surface area contributed by atoms with E-state index in [1.54, 1.807) is 24.4 Å². The molecule has 0 radical (unpaired) electrons. The second kappa shape index (κ2) is 9.66. The van der Waals surface area contributed by atoms with Gasteiger partial charge in [-0.1, -0.05) is 18.2 Å². The van der Waals surface area contributed by atoms with Gasteiger partial charge in [-0.3, -0.25) is 9.59 Å². The number of rotatable bonds is 6. The fourth-order valence-corrected chi connectivity index (χ4v) is 6.17. The molecule has 198 valence electrons. The molecule has 1 aliphatic carbocycles. The highest BCUT2D eigenvalue weighted by Gasteiger charge is 2.40. The Morgan fingerprint density at radius 2 is 1.87 bits per heavy atom. The minimum Gasteiger partial charge on any atom is -0.492 e. The summed E-state index contributed by atoms with van der Waals surface area (Å²) in [7, 11) is 3.64. The van der Waals surface area contributed by atoms with Crippen LogP contribution in [0.15, 0.2) is 47.4 Å². The van der Waals surface area contributed by atoms with Crippen LogP contribution in [0.3, 0.4) is 0 Å². The van der Waals surface area contributed by atoms with Crippen LogP contribution >= 0.6 is 0 Å². The molecule has 3 aromatic rings. The van der Waals surface area contributed by atoms with Crippen LogP contribution in [-0.4, -0.2) is 55.1 Å². The third-order valence-corrected chi connectivity index (χ3v) is 8.28. The van der Waals surface area contributed by atoms with Gasteiger partial charge in [0.05, 0.1) is 23.6 Å². The Hall–Kier alpha value is -3.52. The first kappa shape index (κ1) is 24.8. The van der Waals surface area contributed by atoms with Crippen LogP contribution in [0, 0.1) is 17.6 Å². The van der Waals surface area contributed by atoms with Gasteiger partial charge in [0, 0.05) is 31.4 Å². The number of benzene rings is 2. The third kappa shape index (κ3) is 4.30. The number of piperidine rings is 1. The number of carbonyl (C=O) groups is 1. The number of hydrogen-bond acceptors (Lipinski definition) is 5. The normalized spacial score (nSPS) is 21.8. The van der Waals surface area contributed by atoms with E-state index < -0.39 is 17.0 Å². The number of likely N-dealkylation sites (tertiary alicyclic amines) is 1. The van der Waals surface area contributed by atoms with Crippen molar-refractivity contribution in [2.75, 3.05) is 38.7 Å². The van der Waals surface area contributed by atoms with Crippen LogP contribution in [0.1, 0.15) is 47.6 Å². The van der Waals surface area contributed by atoms with E-state index in [0.29, 0.717) is 41.0 Å². The van der Waals surface area contributed by atoms with E-state index in [-0.39, 0.29) is 22.8 Å². The number of allylic oxidation sites excluding steroid dienone is 1. The molecule has 3 aliphatic rings. The molecule has 3 fully saturated rings. The first-order chi connectivity index (χ1) is 18.4. The lowest BCUT2D eigenvalue weighted by Crippen LogP contribution is -2.42. The SMILES string of the molecule is COc1c(N2CC3CCCN(C)C3C2)c(F)cc2c(=O)c(C(=O)C=Cc3ccc(F)cc3)cn(C3CC3)c12. The third-order valence-electron chi connectivity index (χ3n) is 8.28. The van der Waals surface area contributed by atoms with Crippen molar-refractivity contribution in [1.82, 2.24) is 9.47 Å². The molecular weight excluding hydrogens is 488 g/mol. The topological polar surface area (TPSA) is 54.8 Å². The van der Waals surface area contributed by atoms with Crippen molar-refractivity contribution in [3.8, 4) is 5.75 Å². The largest absolute Gasteiger partial charge is 0.492 e. The maximum atomic E-state index is 15.8. The lowest BCUT2D eigenvalue weighted by atomic mass is 9.93. The first-order valence-electron chi connectivity index (χ1n) is 13.2. The molecular formula is C30H31F2N3O3. The number of fused-ring (bicyclic) bond motifs is 2. The number of likely N-dealkylation sites (N-methyl/N-ethyl adjacent to an activating group) is 1. The van der Waals surface area contributed by atoms with Crippen molar-refractivity contribution in [2.45, 2.75) is 37.8 Å². The summed E-state index contributed by atoms with van der Waals surface area (Å²) >= 11 is 0. The zero-order valence-electron chi connectivity index (χ0n) is 21.6. The van der Waals surface area contributed by atoms with E-state index in [1.807, 2.05) is 4.57 Å². The van der Waals surface area contributed by atoms with Crippen LogP contribution in [-0.2, 0) is 0 Å². The Bertz CT molecular complexity index is 1490. The van der Waals surface area contributed by atoms with Gasteiger partial charge in [0.2, 0.25) is 5.43 Å². The molecule has 3 heterocycles. The summed E-state index contributed by atoms with van der Waals surface area (Å²) in [6.07, 6.45) is 8.51. The molecule has 6 nitrogen and oxygen atoms in total. The van der Waals surface area contributed by atoms with E-state index in [0.717, 1.165) is 38.8 Å². The molecule has 0 spiro atoms. The Kier molecular flexibility index (Phi) is 6.30. The zero-order chi connectivity index (χ0) is 26.6. The molecule has 0 bridgehead atoms. The molecule has 2 unspecified atom stereocenters. The van der Waals surface area contributed by atoms with Gasteiger partial charge in [0.1, 0.15) is 11.5 Å². The van der Waals surface area contributed by atoms with E-state index in [1.165, 1.54) is 31.4 Å². The van der Waals surface area contributed by atoms with Gasteiger partial charge in [-0.2, -0.15) is 0 Å². The van der Waals surface area contributed by atoms with Gasteiger partial charge in [-0.05, 0) is 75.0 Å². The Morgan fingerprint density at radius 1 is 1.11 bits per heavy atom. The predicted octanol–water partition coefficient (Wildman–Crippen LogP) is 5.05. The molecule has 6 rings (SSSR count). The van der Waals surface area contributed by atoms with Crippen LogP contribution in [0.25, 0.3) is 17.0 Å². The van der Waals surface area contributed by atoms with E-state index in [9.17, 15) is 14.0 Å². The van der Waals surface area contributed by atoms with Gasteiger partial charge in [-0.15, -0.1) is 0 Å². The second-order valence-electron chi connectivity index (χ2n) is 10.8. The van der Waals surface area contributed by atoms with Crippen LogP contribution < -0.4 is 15.1 Å². The Labute approximate surface area is 220 Å². The quantitative estimate of drug-likeness (QED) is 0.337. The van der Waals surface area contributed by atoms with Gasteiger partial charge in [0.15, 0.2) is 17.3 Å². The van der Waals surface area contributed by atoms with Crippen LogP contribution in [0.5, 0.6) is 5.75 Å². The van der Waals surface area contributed by atoms with Crippen molar-refractivity contribution >= 4 is 28.4 Å². The summed E-state index contributed by atoms with van der Waals surface area (Å²) in [5.74, 6) is -0.545. The van der Waals surface area contributed by atoms with E-state index in [2.05, 4.69) is 16.8 Å². The number of aromatic nitrogens is 1. The fourth-order valence-electron chi connectivity index (χ4n) is 6.17. The molecule has 0 amide bonds. The average molecular weight is 520 g/mol. The summed E-state index contributed by atoms with van der Waals surface area (Å²) in [6.45, 7) is 2.49. The molecule has 1 saturated carbocycles. The highest BCUT2D eigenvalue weighted by Crippen LogP contribution is 2.45. The maximum Gasteiger partial charge on any atom is 0.200 e. The van der Waals surface area contributed by atoms with Crippen LogP contribution in [0.4, 0.5) is 14.5 Å². The number of carbonyl (C=O) groups excluding carboxylic acids is 1. The number of nitrogens with zero attached hydrogens (tertiary/aromatic N) is 3. The lowest BCUT2D eigenvalue weighted by molar-refractivity contribution is 0.104. The van der Waals surface area contributed by atoms with Gasteiger partial charge in [0.25, 0.3) is 0 Å². The average Bonchev–Trinajstić information content (AvgIpc) is 3.66. The van der Waals surface area contributed by atoms with Crippen molar-refractivity contribution in [3.05, 3.63) is 75.6 Å². The molecule has 0 N–H and O–H groups in total. The highest BCUT2D eigenvalue weighted by atomic mass is 19.1. The minimum absolute atomic E-state index is 0.0224. The number of methoxy groups -OCH3 is 1. The van der Waals surface area contributed by atoms with Crippen molar-refractivity contribution in [3.63, 3.8) is 0 Å². The van der Waals surface area contributed by atoms with Gasteiger partial charge in [-0.25, -0.2) is 8.78 Å². The summed E-state index contributed by atoms with van der Waals surface area (Å²) in [5, 5.41) is 0.143. The number of halogens is 2. The number of ketones is 1. The Balaban J connectivity index is 1.44. The predicted molar refractivity (Wildman–Crippen MR) is 144 cm³/mol. The molecule has 8 heteroatoms. The summed E-state index contributed by atoms with van der Waals surface area (Å²) in [4.78, 5) is 31.1. The van der Waals surface area contributed by atoms with Crippen molar-refractivity contribution in [2.24, 2.45) is 5.92 Å². The van der Waals surface area contributed by atoms with Gasteiger partial charge >= 0.3 is 0 Å². The van der Waals surface area contributed by atoms with Gasteiger partial charge < -0.3 is 19.1 Å². The number of hydrogen-bond donors (Lipinski definition) is 0. The molecule has 2 aliphatic heterocycles. The number of anilines is 1.